The largest absolute Gasteiger partial charge is 0.496 e. The van der Waals surface area contributed by atoms with Crippen LogP contribution in [0.15, 0.2) is 47.1 Å². The molecule has 0 fully saturated rings. The summed E-state index contributed by atoms with van der Waals surface area (Å²) in [5.74, 6) is 1.10. The monoisotopic (exact) mass is 373 g/mol. The number of carbonyl (C=O) groups excluding carboxylic acids is 1. The third-order valence-corrected chi connectivity index (χ3v) is 3.97. The number of rotatable bonds is 5. The first kappa shape index (κ1) is 17.8. The fourth-order valence-electron chi connectivity index (χ4n) is 2.54. The highest BCUT2D eigenvalue weighted by Gasteiger charge is 2.27. The van der Waals surface area contributed by atoms with Crippen molar-refractivity contribution in [3.63, 3.8) is 0 Å². The van der Waals surface area contributed by atoms with Gasteiger partial charge in [0, 0.05) is 10.6 Å². The molecule has 0 spiro atoms. The predicted octanol–water partition coefficient (Wildman–Crippen LogP) is 3.71. The number of para-hydroxylation sites is 1. The average Bonchev–Trinajstić information content (AvgIpc) is 3.01. The molecule has 1 aliphatic rings. The van der Waals surface area contributed by atoms with Crippen LogP contribution in [0.2, 0.25) is 5.02 Å². The molecule has 6 nitrogen and oxygen atoms in total. The molecule has 0 atom stereocenters. The third kappa shape index (κ3) is 3.36. The molecule has 0 N–H and O–H groups in total. The van der Waals surface area contributed by atoms with Gasteiger partial charge in [0.1, 0.15) is 5.75 Å². The van der Waals surface area contributed by atoms with E-state index in [4.69, 9.17) is 30.5 Å². The average molecular weight is 374 g/mol. The first-order valence-corrected chi connectivity index (χ1v) is 8.02. The van der Waals surface area contributed by atoms with Gasteiger partial charge in [-0.05, 0) is 30.3 Å². The molecule has 2 aromatic rings. The van der Waals surface area contributed by atoms with E-state index in [1.807, 2.05) is 0 Å². The van der Waals surface area contributed by atoms with Crippen molar-refractivity contribution in [2.45, 2.75) is 0 Å². The summed E-state index contributed by atoms with van der Waals surface area (Å²) in [6, 6.07) is 10.3. The van der Waals surface area contributed by atoms with E-state index in [0.717, 1.165) is 0 Å². The van der Waals surface area contributed by atoms with Gasteiger partial charge in [-0.25, -0.2) is 9.79 Å². The molecule has 3 rings (SSSR count). The fraction of sp³-hybridized carbons (Fsp3) is 0.158. The topological polar surface area (TPSA) is 66.3 Å². The Morgan fingerprint density at radius 1 is 1.04 bits per heavy atom. The van der Waals surface area contributed by atoms with Crippen molar-refractivity contribution in [3.05, 3.63) is 58.2 Å². The Kier molecular flexibility index (Phi) is 5.14. The quantitative estimate of drug-likeness (QED) is 0.590. The molecule has 0 amide bonds. The van der Waals surface area contributed by atoms with Gasteiger partial charge < -0.3 is 18.9 Å². The van der Waals surface area contributed by atoms with E-state index in [1.165, 1.54) is 14.2 Å². The van der Waals surface area contributed by atoms with Crippen molar-refractivity contribution in [1.29, 1.82) is 0 Å². The second-order valence-electron chi connectivity index (χ2n) is 5.26. The standard InChI is InChI=1S/C19H16ClNO5/c1-23-15-8-7-12(20)10-13(15)18-21-14(19(22)26-18)9-11-5-4-6-16(24-2)17(11)25-3/h4-10H,1-3H3/b14-9-. The van der Waals surface area contributed by atoms with E-state index in [-0.39, 0.29) is 11.6 Å². The third-order valence-electron chi connectivity index (χ3n) is 3.74. The summed E-state index contributed by atoms with van der Waals surface area (Å²) in [6.45, 7) is 0. The number of esters is 1. The summed E-state index contributed by atoms with van der Waals surface area (Å²) in [5, 5.41) is 0.478. The van der Waals surface area contributed by atoms with Gasteiger partial charge in [0.25, 0.3) is 0 Å². The van der Waals surface area contributed by atoms with Crippen molar-refractivity contribution in [2.24, 2.45) is 4.99 Å². The lowest BCUT2D eigenvalue weighted by molar-refractivity contribution is -0.129. The molecule has 0 radical (unpaired) electrons. The minimum atomic E-state index is -0.577. The van der Waals surface area contributed by atoms with Crippen molar-refractivity contribution in [1.82, 2.24) is 0 Å². The van der Waals surface area contributed by atoms with Gasteiger partial charge in [0.15, 0.2) is 17.2 Å². The van der Waals surface area contributed by atoms with E-state index in [2.05, 4.69) is 4.99 Å². The minimum absolute atomic E-state index is 0.127. The lowest BCUT2D eigenvalue weighted by Crippen LogP contribution is -2.07. The molecule has 0 saturated heterocycles. The smallest absolute Gasteiger partial charge is 0.363 e. The molecule has 7 heteroatoms. The number of halogens is 1. The Bertz CT molecular complexity index is 920. The number of cyclic esters (lactones) is 1. The Hall–Kier alpha value is -2.99. The number of benzene rings is 2. The number of nitrogens with zero attached hydrogens (tertiary/aromatic N) is 1. The second-order valence-corrected chi connectivity index (χ2v) is 5.70. The molecule has 0 aliphatic carbocycles. The Morgan fingerprint density at radius 3 is 2.50 bits per heavy atom. The summed E-state index contributed by atoms with van der Waals surface area (Å²) < 4.78 is 21.2. The Labute approximate surface area is 155 Å². The van der Waals surface area contributed by atoms with E-state index in [1.54, 1.807) is 49.6 Å². The van der Waals surface area contributed by atoms with Crippen LogP contribution >= 0.6 is 11.6 Å². The summed E-state index contributed by atoms with van der Waals surface area (Å²) >= 11 is 6.03. The van der Waals surface area contributed by atoms with Crippen molar-refractivity contribution in [2.75, 3.05) is 21.3 Å². The van der Waals surface area contributed by atoms with Crippen LogP contribution in [-0.4, -0.2) is 33.2 Å². The van der Waals surface area contributed by atoms with E-state index in [9.17, 15) is 4.79 Å². The van der Waals surface area contributed by atoms with Crippen LogP contribution in [0.5, 0.6) is 17.2 Å². The predicted molar refractivity (Wildman–Crippen MR) is 98.2 cm³/mol. The second kappa shape index (κ2) is 7.49. The Balaban J connectivity index is 2.04. The zero-order valence-electron chi connectivity index (χ0n) is 14.4. The van der Waals surface area contributed by atoms with E-state index >= 15 is 0 Å². The van der Waals surface area contributed by atoms with E-state index < -0.39 is 5.97 Å². The van der Waals surface area contributed by atoms with Crippen molar-refractivity contribution < 1.29 is 23.7 Å². The molecule has 26 heavy (non-hydrogen) atoms. The van der Waals surface area contributed by atoms with Crippen molar-refractivity contribution in [3.8, 4) is 17.2 Å². The van der Waals surface area contributed by atoms with Crippen LogP contribution in [0.3, 0.4) is 0 Å². The highest BCUT2D eigenvalue weighted by Crippen LogP contribution is 2.33. The molecule has 134 valence electrons. The maximum Gasteiger partial charge on any atom is 0.363 e. The van der Waals surface area contributed by atoms with Crippen LogP contribution < -0.4 is 14.2 Å². The molecule has 1 heterocycles. The maximum absolute atomic E-state index is 12.3. The van der Waals surface area contributed by atoms with Gasteiger partial charge in [0.2, 0.25) is 5.90 Å². The minimum Gasteiger partial charge on any atom is -0.496 e. The summed E-state index contributed by atoms with van der Waals surface area (Å²) in [7, 11) is 4.58. The lowest BCUT2D eigenvalue weighted by atomic mass is 10.1. The summed E-state index contributed by atoms with van der Waals surface area (Å²) in [6.07, 6.45) is 1.58. The SMILES string of the molecule is COc1ccc(Cl)cc1C1=N/C(=C\c2cccc(OC)c2OC)C(=O)O1. The van der Waals surface area contributed by atoms with Crippen LogP contribution in [0, 0.1) is 0 Å². The van der Waals surface area contributed by atoms with Gasteiger partial charge in [-0.2, -0.15) is 0 Å². The van der Waals surface area contributed by atoms with Gasteiger partial charge in [-0.3, -0.25) is 0 Å². The first-order chi connectivity index (χ1) is 12.6. The van der Waals surface area contributed by atoms with Gasteiger partial charge in [-0.15, -0.1) is 0 Å². The lowest BCUT2D eigenvalue weighted by Gasteiger charge is -2.09. The van der Waals surface area contributed by atoms with Crippen LogP contribution in [0.4, 0.5) is 0 Å². The highest BCUT2D eigenvalue weighted by molar-refractivity contribution is 6.31. The highest BCUT2D eigenvalue weighted by atomic mass is 35.5. The fourth-order valence-corrected chi connectivity index (χ4v) is 2.72. The molecular weight excluding hydrogens is 358 g/mol. The van der Waals surface area contributed by atoms with Crippen LogP contribution in [0.1, 0.15) is 11.1 Å². The zero-order chi connectivity index (χ0) is 18.7. The van der Waals surface area contributed by atoms with Crippen LogP contribution in [0.25, 0.3) is 6.08 Å². The molecule has 0 unspecified atom stereocenters. The molecular formula is C19H16ClNO5. The zero-order valence-corrected chi connectivity index (χ0v) is 15.2. The molecule has 1 aliphatic heterocycles. The molecule has 0 bridgehead atoms. The number of ether oxygens (including phenoxy) is 4. The first-order valence-electron chi connectivity index (χ1n) is 7.65. The summed E-state index contributed by atoms with van der Waals surface area (Å²) in [4.78, 5) is 16.5. The van der Waals surface area contributed by atoms with Crippen molar-refractivity contribution >= 4 is 29.5 Å². The molecule has 2 aromatic carbocycles. The van der Waals surface area contributed by atoms with E-state index in [0.29, 0.717) is 33.4 Å². The number of aliphatic imine (C=N–C) groups is 1. The maximum atomic E-state index is 12.3. The summed E-state index contributed by atoms with van der Waals surface area (Å²) in [5.41, 5.74) is 1.27. The molecule has 0 saturated carbocycles. The van der Waals surface area contributed by atoms with Gasteiger partial charge in [0.05, 0.1) is 26.9 Å². The normalized spacial score (nSPS) is 14.8. The molecule has 0 aromatic heterocycles. The number of hydrogen-bond donors (Lipinski definition) is 0. The number of methoxy groups -OCH3 is 3. The van der Waals surface area contributed by atoms with Crippen LogP contribution in [-0.2, 0) is 9.53 Å². The number of carbonyl (C=O) groups is 1. The van der Waals surface area contributed by atoms with Gasteiger partial charge in [-0.1, -0.05) is 23.7 Å². The van der Waals surface area contributed by atoms with Gasteiger partial charge >= 0.3 is 5.97 Å². The number of hydrogen-bond acceptors (Lipinski definition) is 6. The Morgan fingerprint density at radius 2 is 1.81 bits per heavy atom.